The Labute approximate surface area is 139 Å². The van der Waals surface area contributed by atoms with E-state index in [1.54, 1.807) is 37.8 Å². The monoisotopic (exact) mass is 320 g/mol. The number of ether oxygens (including phenoxy) is 1. The summed E-state index contributed by atoms with van der Waals surface area (Å²) in [6, 6.07) is 11.1. The first kappa shape index (κ1) is 15.6. The molecule has 6 nitrogen and oxygen atoms in total. The normalized spacial score (nSPS) is 10.2. The summed E-state index contributed by atoms with van der Waals surface area (Å²) < 4.78 is 5.17. The van der Waals surface area contributed by atoms with Crippen LogP contribution in [-0.4, -0.2) is 28.0 Å². The third kappa shape index (κ3) is 3.73. The fraction of sp³-hybridized carbons (Fsp3) is 0.111. The molecule has 6 heteroatoms. The maximum Gasteiger partial charge on any atom is 0.253 e. The second kappa shape index (κ2) is 7.32. The van der Waals surface area contributed by atoms with Gasteiger partial charge in [-0.1, -0.05) is 12.1 Å². The summed E-state index contributed by atoms with van der Waals surface area (Å²) in [5.41, 5.74) is 2.99. The topological polar surface area (TPSA) is 77.0 Å². The lowest BCUT2D eigenvalue weighted by Gasteiger charge is -2.07. The molecule has 2 aromatic heterocycles. The number of nitrogens with one attached hydrogen (secondary N) is 1. The van der Waals surface area contributed by atoms with E-state index in [0.29, 0.717) is 12.1 Å². The van der Waals surface area contributed by atoms with Gasteiger partial charge in [-0.15, -0.1) is 0 Å². The quantitative estimate of drug-likeness (QED) is 0.781. The number of pyridine rings is 1. The minimum atomic E-state index is -0.179. The predicted molar refractivity (Wildman–Crippen MR) is 89.4 cm³/mol. The summed E-state index contributed by atoms with van der Waals surface area (Å²) in [5, 5.41) is 2.87. The van der Waals surface area contributed by atoms with Crippen LogP contribution in [-0.2, 0) is 6.54 Å². The molecule has 0 bridgehead atoms. The van der Waals surface area contributed by atoms with Crippen molar-refractivity contribution in [1.82, 2.24) is 20.3 Å². The number of methoxy groups -OCH3 is 1. The Balaban J connectivity index is 1.65. The SMILES string of the molecule is COc1cccc(CNC(=O)c2ccc(-c3cncnc3)nc2)c1. The van der Waals surface area contributed by atoms with E-state index in [1.807, 2.05) is 24.3 Å². The highest BCUT2D eigenvalue weighted by Crippen LogP contribution is 2.15. The van der Waals surface area contributed by atoms with Gasteiger partial charge in [-0.3, -0.25) is 9.78 Å². The van der Waals surface area contributed by atoms with Crippen LogP contribution in [0.1, 0.15) is 15.9 Å². The third-order valence-corrected chi connectivity index (χ3v) is 3.47. The molecule has 1 amide bonds. The summed E-state index contributed by atoms with van der Waals surface area (Å²) in [6.45, 7) is 0.421. The standard InChI is InChI=1S/C18H16N4O2/c1-24-16-4-2-3-13(7-16)8-22-18(23)14-5-6-17(21-11-14)15-9-19-12-20-10-15/h2-7,9-12H,8H2,1H3,(H,22,23). The van der Waals surface area contributed by atoms with E-state index in [9.17, 15) is 4.79 Å². The highest BCUT2D eigenvalue weighted by atomic mass is 16.5. The van der Waals surface area contributed by atoms with Crippen molar-refractivity contribution in [3.63, 3.8) is 0 Å². The minimum Gasteiger partial charge on any atom is -0.497 e. The van der Waals surface area contributed by atoms with Gasteiger partial charge in [0.2, 0.25) is 0 Å². The summed E-state index contributed by atoms with van der Waals surface area (Å²) in [6.07, 6.45) is 6.36. The predicted octanol–water partition coefficient (Wildman–Crippen LogP) is 2.48. The Hall–Kier alpha value is -3.28. The molecule has 0 fully saturated rings. The molecule has 1 aromatic carbocycles. The fourth-order valence-electron chi connectivity index (χ4n) is 2.20. The van der Waals surface area contributed by atoms with Crippen LogP contribution >= 0.6 is 0 Å². The van der Waals surface area contributed by atoms with Crippen molar-refractivity contribution in [2.45, 2.75) is 6.54 Å². The number of nitrogens with zero attached hydrogens (tertiary/aromatic N) is 3. The number of amides is 1. The van der Waals surface area contributed by atoms with E-state index >= 15 is 0 Å². The number of benzene rings is 1. The third-order valence-electron chi connectivity index (χ3n) is 3.47. The Morgan fingerprint density at radius 2 is 1.96 bits per heavy atom. The highest BCUT2D eigenvalue weighted by molar-refractivity contribution is 5.94. The summed E-state index contributed by atoms with van der Waals surface area (Å²) in [4.78, 5) is 24.4. The smallest absolute Gasteiger partial charge is 0.253 e. The van der Waals surface area contributed by atoms with E-state index in [2.05, 4.69) is 20.3 Å². The van der Waals surface area contributed by atoms with E-state index in [1.165, 1.54) is 6.33 Å². The lowest BCUT2D eigenvalue weighted by atomic mass is 10.1. The van der Waals surface area contributed by atoms with E-state index < -0.39 is 0 Å². The van der Waals surface area contributed by atoms with Gasteiger partial charge in [0.1, 0.15) is 12.1 Å². The highest BCUT2D eigenvalue weighted by Gasteiger charge is 2.07. The Bertz CT molecular complexity index is 820. The lowest BCUT2D eigenvalue weighted by molar-refractivity contribution is 0.0950. The van der Waals surface area contributed by atoms with E-state index in [0.717, 1.165) is 22.6 Å². The van der Waals surface area contributed by atoms with Gasteiger partial charge in [-0.25, -0.2) is 9.97 Å². The van der Waals surface area contributed by atoms with E-state index in [-0.39, 0.29) is 5.91 Å². The molecular formula is C18H16N4O2. The van der Waals surface area contributed by atoms with Gasteiger partial charge in [-0.05, 0) is 29.8 Å². The molecule has 0 aliphatic rings. The summed E-state index contributed by atoms with van der Waals surface area (Å²) in [7, 11) is 1.61. The minimum absolute atomic E-state index is 0.179. The lowest BCUT2D eigenvalue weighted by Crippen LogP contribution is -2.22. The second-order valence-electron chi connectivity index (χ2n) is 5.09. The zero-order valence-electron chi connectivity index (χ0n) is 13.1. The average molecular weight is 320 g/mol. The maximum absolute atomic E-state index is 12.2. The number of rotatable bonds is 5. The first-order valence-electron chi connectivity index (χ1n) is 7.39. The molecule has 0 atom stereocenters. The fourth-order valence-corrected chi connectivity index (χ4v) is 2.20. The van der Waals surface area contributed by atoms with Gasteiger partial charge in [0.25, 0.3) is 5.91 Å². The number of carbonyl (C=O) groups is 1. The molecule has 0 radical (unpaired) electrons. The van der Waals surface area contributed by atoms with Crippen molar-refractivity contribution < 1.29 is 9.53 Å². The van der Waals surface area contributed by atoms with Gasteiger partial charge < -0.3 is 10.1 Å². The second-order valence-corrected chi connectivity index (χ2v) is 5.09. The number of aromatic nitrogens is 3. The van der Waals surface area contributed by atoms with Gasteiger partial charge >= 0.3 is 0 Å². The van der Waals surface area contributed by atoms with Crippen LogP contribution in [0.4, 0.5) is 0 Å². The van der Waals surface area contributed by atoms with Gasteiger partial charge in [0, 0.05) is 30.7 Å². The molecule has 0 unspecified atom stereocenters. The van der Waals surface area contributed by atoms with Gasteiger partial charge in [-0.2, -0.15) is 0 Å². The van der Waals surface area contributed by atoms with Gasteiger partial charge in [0.05, 0.1) is 18.4 Å². The summed E-state index contributed by atoms with van der Waals surface area (Å²) >= 11 is 0. The summed E-state index contributed by atoms with van der Waals surface area (Å²) in [5.74, 6) is 0.582. The van der Waals surface area contributed by atoms with Crippen LogP contribution in [0.2, 0.25) is 0 Å². The average Bonchev–Trinajstić information content (AvgIpc) is 2.67. The van der Waals surface area contributed by atoms with E-state index in [4.69, 9.17) is 4.74 Å². The molecule has 0 aliphatic carbocycles. The van der Waals surface area contributed by atoms with Crippen molar-refractivity contribution in [2.24, 2.45) is 0 Å². The van der Waals surface area contributed by atoms with Crippen molar-refractivity contribution in [3.8, 4) is 17.0 Å². The molecule has 120 valence electrons. The van der Waals surface area contributed by atoms with Crippen LogP contribution in [0.25, 0.3) is 11.3 Å². The van der Waals surface area contributed by atoms with Crippen molar-refractivity contribution in [1.29, 1.82) is 0 Å². The molecular weight excluding hydrogens is 304 g/mol. The first-order chi connectivity index (χ1) is 11.8. The maximum atomic E-state index is 12.2. The molecule has 1 N–H and O–H groups in total. The number of carbonyl (C=O) groups excluding carboxylic acids is 1. The Kier molecular flexibility index (Phi) is 4.76. The van der Waals surface area contributed by atoms with Crippen molar-refractivity contribution >= 4 is 5.91 Å². The van der Waals surface area contributed by atoms with Crippen LogP contribution < -0.4 is 10.1 Å². The molecule has 3 aromatic rings. The first-order valence-corrected chi connectivity index (χ1v) is 7.39. The molecule has 0 saturated carbocycles. The Morgan fingerprint density at radius 1 is 1.12 bits per heavy atom. The molecule has 2 heterocycles. The zero-order valence-corrected chi connectivity index (χ0v) is 13.1. The van der Waals surface area contributed by atoms with Crippen LogP contribution in [0.15, 0.2) is 61.3 Å². The van der Waals surface area contributed by atoms with Crippen molar-refractivity contribution in [3.05, 3.63) is 72.4 Å². The molecule has 0 aliphatic heterocycles. The molecule has 24 heavy (non-hydrogen) atoms. The van der Waals surface area contributed by atoms with Crippen LogP contribution in [0.3, 0.4) is 0 Å². The Morgan fingerprint density at radius 3 is 2.67 bits per heavy atom. The van der Waals surface area contributed by atoms with Crippen LogP contribution in [0, 0.1) is 0 Å². The van der Waals surface area contributed by atoms with Crippen LogP contribution in [0.5, 0.6) is 5.75 Å². The number of hydrogen-bond donors (Lipinski definition) is 1. The molecule has 0 saturated heterocycles. The number of hydrogen-bond acceptors (Lipinski definition) is 5. The zero-order chi connectivity index (χ0) is 16.8. The largest absolute Gasteiger partial charge is 0.497 e. The molecule has 3 rings (SSSR count). The van der Waals surface area contributed by atoms with Gasteiger partial charge in [0.15, 0.2) is 0 Å². The van der Waals surface area contributed by atoms with Crippen molar-refractivity contribution in [2.75, 3.05) is 7.11 Å². The molecule has 0 spiro atoms.